The summed E-state index contributed by atoms with van der Waals surface area (Å²) in [7, 11) is 4.02. The van der Waals surface area contributed by atoms with Gasteiger partial charge in [-0.15, -0.1) is 0 Å². The largest absolute Gasteiger partial charge is 0.465 e. The molecule has 0 radical (unpaired) electrons. The van der Waals surface area contributed by atoms with Crippen LogP contribution in [0.25, 0.3) is 0 Å². The Morgan fingerprint density at radius 2 is 1.89 bits per heavy atom. The third kappa shape index (κ3) is 4.72. The van der Waals surface area contributed by atoms with Crippen LogP contribution in [0.5, 0.6) is 0 Å². The van der Waals surface area contributed by atoms with Crippen molar-refractivity contribution in [1.82, 2.24) is 5.32 Å². The van der Waals surface area contributed by atoms with Crippen LogP contribution in [0.15, 0.2) is 63.4 Å². The van der Waals surface area contributed by atoms with Crippen molar-refractivity contribution >= 4 is 17.4 Å². The number of nitrogens with one attached hydrogen (secondary N) is 1. The number of rotatable bonds is 6. The van der Waals surface area contributed by atoms with E-state index in [1.54, 1.807) is 0 Å². The van der Waals surface area contributed by atoms with Gasteiger partial charge in [0.15, 0.2) is 5.78 Å². The van der Waals surface area contributed by atoms with Crippen LogP contribution < -0.4 is 10.2 Å². The summed E-state index contributed by atoms with van der Waals surface area (Å²) in [5, 5.41) is 3.40. The molecule has 0 bridgehead atoms. The Bertz CT molecular complexity index is 1210. The molecule has 0 saturated carbocycles. The minimum absolute atomic E-state index is 0.0291. The molecule has 2 aromatic rings. The number of esters is 1. The third-order valence-corrected chi connectivity index (χ3v) is 7.40. The number of carbonyl (C=O) groups excluding carboxylic acids is 2. The molecule has 1 saturated heterocycles. The van der Waals surface area contributed by atoms with Gasteiger partial charge in [-0.25, -0.2) is 4.79 Å². The highest BCUT2D eigenvalue weighted by Crippen LogP contribution is 2.46. The first kappa shape index (κ1) is 24.4. The van der Waals surface area contributed by atoms with Crippen molar-refractivity contribution in [3.8, 4) is 0 Å². The van der Waals surface area contributed by atoms with Crippen molar-refractivity contribution in [3.63, 3.8) is 0 Å². The fraction of sp³-hybridized carbons (Fsp3) is 0.448. The van der Waals surface area contributed by atoms with E-state index in [0.717, 1.165) is 35.5 Å². The molecule has 1 N–H and O–H groups in total. The maximum atomic E-state index is 13.7. The summed E-state index contributed by atoms with van der Waals surface area (Å²) >= 11 is 0. The average molecular weight is 491 g/mol. The van der Waals surface area contributed by atoms with Crippen molar-refractivity contribution in [2.45, 2.75) is 57.5 Å². The Kier molecular flexibility index (Phi) is 6.75. The van der Waals surface area contributed by atoms with Crippen LogP contribution in [0.4, 0.5) is 5.69 Å². The fourth-order valence-corrected chi connectivity index (χ4v) is 5.51. The molecule has 3 aliphatic rings. The number of ether oxygens (including phenoxy) is 2. The number of carbonyl (C=O) groups is 2. The number of ketones is 1. The van der Waals surface area contributed by atoms with Crippen molar-refractivity contribution < 1.29 is 23.5 Å². The Morgan fingerprint density at radius 1 is 1.11 bits per heavy atom. The number of nitrogens with zero attached hydrogens (tertiary/aromatic N) is 1. The van der Waals surface area contributed by atoms with Gasteiger partial charge in [0.05, 0.1) is 17.6 Å². The predicted octanol–water partition coefficient (Wildman–Crippen LogP) is 4.74. The van der Waals surface area contributed by atoms with Crippen molar-refractivity contribution in [2.24, 2.45) is 0 Å². The van der Waals surface area contributed by atoms with E-state index in [1.807, 2.05) is 40.1 Å². The lowest BCUT2D eigenvalue weighted by Crippen LogP contribution is -2.36. The molecular formula is C29H34N2O5. The van der Waals surface area contributed by atoms with E-state index in [-0.39, 0.29) is 24.4 Å². The highest BCUT2D eigenvalue weighted by molar-refractivity contribution is 6.04. The lowest BCUT2D eigenvalue weighted by Gasteiger charge is -2.36. The molecule has 190 valence electrons. The number of hydrogen-bond acceptors (Lipinski definition) is 7. The number of aryl methyl sites for hydroxylation is 1. The average Bonchev–Trinajstić information content (AvgIpc) is 3.53. The van der Waals surface area contributed by atoms with E-state index >= 15 is 0 Å². The molecule has 7 heteroatoms. The van der Waals surface area contributed by atoms with Crippen LogP contribution in [-0.4, -0.2) is 45.2 Å². The first-order chi connectivity index (χ1) is 17.3. The van der Waals surface area contributed by atoms with Gasteiger partial charge in [-0.2, -0.15) is 0 Å². The minimum atomic E-state index is -0.587. The van der Waals surface area contributed by atoms with E-state index in [4.69, 9.17) is 13.9 Å². The number of benzene rings is 1. The quantitative estimate of drug-likeness (QED) is 0.586. The van der Waals surface area contributed by atoms with Gasteiger partial charge < -0.3 is 24.1 Å². The van der Waals surface area contributed by atoms with E-state index < -0.39 is 11.9 Å². The smallest absolute Gasteiger partial charge is 0.336 e. The zero-order chi connectivity index (χ0) is 25.4. The molecule has 1 fully saturated rings. The van der Waals surface area contributed by atoms with Gasteiger partial charge in [0.2, 0.25) is 0 Å². The lowest BCUT2D eigenvalue weighted by molar-refractivity contribution is -0.142. The molecule has 2 aliphatic heterocycles. The molecule has 3 atom stereocenters. The molecule has 3 heterocycles. The van der Waals surface area contributed by atoms with E-state index in [1.165, 1.54) is 0 Å². The van der Waals surface area contributed by atoms with Gasteiger partial charge in [0.1, 0.15) is 18.1 Å². The molecule has 1 aromatic heterocycles. The standard InChI is InChI=1S/C29H34N2O5/c1-17-7-12-25(36-17)28-26(29(33)35-16-22-6-5-13-34-22)18(2)30-23-14-20(15-24(32)27(23)28)19-8-10-21(11-9-19)31(3)4/h7-12,20,22,28,30H,5-6,13-16H2,1-4H3/t20-,22+,28-/m0/s1. The normalized spacial score (nSPS) is 24.0. The first-order valence-corrected chi connectivity index (χ1v) is 12.7. The van der Waals surface area contributed by atoms with E-state index in [0.29, 0.717) is 42.1 Å². The second kappa shape index (κ2) is 9.97. The Morgan fingerprint density at radius 3 is 2.53 bits per heavy atom. The maximum Gasteiger partial charge on any atom is 0.336 e. The highest BCUT2D eigenvalue weighted by Gasteiger charge is 2.43. The second-order valence-electron chi connectivity index (χ2n) is 10.2. The molecule has 36 heavy (non-hydrogen) atoms. The van der Waals surface area contributed by atoms with E-state index in [9.17, 15) is 9.59 Å². The maximum absolute atomic E-state index is 13.7. The number of dihydropyridines is 1. The molecule has 5 rings (SSSR count). The molecule has 0 unspecified atom stereocenters. The van der Waals surface area contributed by atoms with Crippen LogP contribution in [0.1, 0.15) is 61.5 Å². The summed E-state index contributed by atoms with van der Waals surface area (Å²) in [4.78, 5) is 29.1. The summed E-state index contributed by atoms with van der Waals surface area (Å²) in [5.41, 5.74) is 4.86. The number of Topliss-reactive ketones (excluding diaryl/α,β-unsaturated/α-hetero) is 1. The van der Waals surface area contributed by atoms with Crippen LogP contribution in [-0.2, 0) is 19.1 Å². The monoisotopic (exact) mass is 490 g/mol. The number of furan rings is 1. The van der Waals surface area contributed by atoms with Crippen LogP contribution >= 0.6 is 0 Å². The number of anilines is 1. The first-order valence-electron chi connectivity index (χ1n) is 12.7. The number of allylic oxidation sites excluding steroid dienone is 3. The summed E-state index contributed by atoms with van der Waals surface area (Å²) in [6, 6.07) is 12.1. The van der Waals surface area contributed by atoms with Crippen LogP contribution in [0.2, 0.25) is 0 Å². The second-order valence-corrected chi connectivity index (χ2v) is 10.2. The van der Waals surface area contributed by atoms with E-state index in [2.05, 4.69) is 34.5 Å². The van der Waals surface area contributed by atoms with Gasteiger partial charge in [-0.1, -0.05) is 12.1 Å². The summed E-state index contributed by atoms with van der Waals surface area (Å²) in [6.45, 7) is 4.64. The Balaban J connectivity index is 1.45. The summed E-state index contributed by atoms with van der Waals surface area (Å²) < 4.78 is 17.3. The topological polar surface area (TPSA) is 81.0 Å². The lowest BCUT2D eigenvalue weighted by atomic mass is 9.73. The third-order valence-electron chi connectivity index (χ3n) is 7.40. The molecule has 7 nitrogen and oxygen atoms in total. The van der Waals surface area contributed by atoms with Crippen molar-refractivity contribution in [1.29, 1.82) is 0 Å². The van der Waals surface area contributed by atoms with Gasteiger partial charge in [-0.05, 0) is 68.9 Å². The Hall–Kier alpha value is -3.32. The van der Waals surface area contributed by atoms with Gasteiger partial charge in [0, 0.05) is 49.8 Å². The zero-order valence-corrected chi connectivity index (χ0v) is 21.4. The molecule has 1 aromatic carbocycles. The molecule has 0 amide bonds. The molecular weight excluding hydrogens is 456 g/mol. The van der Waals surface area contributed by atoms with Crippen molar-refractivity contribution in [2.75, 3.05) is 32.2 Å². The van der Waals surface area contributed by atoms with Crippen LogP contribution in [0.3, 0.4) is 0 Å². The SMILES string of the molecule is CC1=C(C(=O)OC[C@H]2CCCO2)[C@H](c2ccc(C)o2)C2=C(C[C@H](c3ccc(N(C)C)cc3)CC2=O)N1. The van der Waals surface area contributed by atoms with Gasteiger partial charge >= 0.3 is 5.97 Å². The fourth-order valence-electron chi connectivity index (χ4n) is 5.51. The van der Waals surface area contributed by atoms with Gasteiger partial charge in [0.25, 0.3) is 0 Å². The van der Waals surface area contributed by atoms with Crippen LogP contribution in [0, 0.1) is 6.92 Å². The minimum Gasteiger partial charge on any atom is -0.465 e. The van der Waals surface area contributed by atoms with Crippen molar-refractivity contribution in [3.05, 3.63) is 76.0 Å². The summed E-state index contributed by atoms with van der Waals surface area (Å²) in [5.74, 6) is 0.401. The predicted molar refractivity (Wildman–Crippen MR) is 137 cm³/mol. The van der Waals surface area contributed by atoms with Gasteiger partial charge in [-0.3, -0.25) is 4.79 Å². The summed E-state index contributed by atoms with van der Waals surface area (Å²) in [6.07, 6.45) is 2.86. The molecule has 0 spiro atoms. The zero-order valence-electron chi connectivity index (χ0n) is 21.4. The number of hydrogen-bond donors (Lipinski definition) is 1. The molecule has 1 aliphatic carbocycles. The highest BCUT2D eigenvalue weighted by atomic mass is 16.6. The Labute approximate surface area is 212 Å².